The van der Waals surface area contributed by atoms with Crippen molar-refractivity contribution in [3.05, 3.63) is 29.6 Å². The van der Waals surface area contributed by atoms with Gasteiger partial charge in [0.15, 0.2) is 0 Å². The molecule has 0 aliphatic carbocycles. The maximum Gasteiger partial charge on any atom is 0.302 e. The number of hydrogen-bond acceptors (Lipinski definition) is 4. The molecule has 66 valence electrons. The molecule has 0 saturated carbocycles. The van der Waals surface area contributed by atoms with Crippen LogP contribution in [0.15, 0.2) is 18.3 Å². The van der Waals surface area contributed by atoms with Crippen molar-refractivity contribution < 1.29 is 9.53 Å². The monoisotopic (exact) mass is 176 g/mol. The summed E-state index contributed by atoms with van der Waals surface area (Å²) in [5.74, 6) is -0.329. The number of carbonyl (C=O) groups is 1. The van der Waals surface area contributed by atoms with Crippen molar-refractivity contribution in [2.45, 2.75) is 13.5 Å². The minimum absolute atomic E-state index is 0.202. The summed E-state index contributed by atoms with van der Waals surface area (Å²) in [6, 6.07) is 5.19. The van der Waals surface area contributed by atoms with Crippen LogP contribution >= 0.6 is 0 Å². The fourth-order valence-corrected chi connectivity index (χ4v) is 0.761. The summed E-state index contributed by atoms with van der Waals surface area (Å²) in [5, 5.41) is 8.45. The molecule has 1 aromatic rings. The first-order chi connectivity index (χ1) is 6.22. The average Bonchev–Trinajstić information content (AvgIpc) is 2.15. The second-order valence-electron chi connectivity index (χ2n) is 2.44. The van der Waals surface area contributed by atoms with E-state index in [1.54, 1.807) is 12.1 Å². The number of esters is 1. The summed E-state index contributed by atoms with van der Waals surface area (Å²) in [6.07, 6.45) is 1.52. The van der Waals surface area contributed by atoms with Gasteiger partial charge in [0.2, 0.25) is 0 Å². The molecule has 0 unspecified atom stereocenters. The molecular formula is C9H8N2O2. The van der Waals surface area contributed by atoms with Crippen molar-refractivity contribution in [1.29, 1.82) is 5.26 Å². The van der Waals surface area contributed by atoms with E-state index in [1.807, 2.05) is 6.07 Å². The standard InChI is InChI=1S/C9H8N2O2/c1-7(12)13-6-8-2-3-9(4-10)11-5-8/h2-3,5H,6H2,1H3. The highest BCUT2D eigenvalue weighted by Crippen LogP contribution is 2.01. The van der Waals surface area contributed by atoms with Gasteiger partial charge in [-0.1, -0.05) is 6.07 Å². The first-order valence-corrected chi connectivity index (χ1v) is 3.71. The molecule has 0 radical (unpaired) electrons. The maximum atomic E-state index is 10.4. The molecular weight excluding hydrogens is 168 g/mol. The molecule has 0 aromatic carbocycles. The van der Waals surface area contributed by atoms with Crippen LogP contribution in [0.3, 0.4) is 0 Å². The van der Waals surface area contributed by atoms with Crippen LogP contribution in [0.1, 0.15) is 18.2 Å². The Morgan fingerprint density at radius 1 is 1.69 bits per heavy atom. The zero-order valence-corrected chi connectivity index (χ0v) is 7.15. The van der Waals surface area contributed by atoms with Crippen LogP contribution in [-0.2, 0) is 16.1 Å². The van der Waals surface area contributed by atoms with Gasteiger partial charge in [-0.3, -0.25) is 4.79 Å². The maximum absolute atomic E-state index is 10.4. The van der Waals surface area contributed by atoms with E-state index < -0.39 is 0 Å². The summed E-state index contributed by atoms with van der Waals surface area (Å²) in [5.41, 5.74) is 1.13. The van der Waals surface area contributed by atoms with Crippen LogP contribution in [0.5, 0.6) is 0 Å². The zero-order chi connectivity index (χ0) is 9.68. The molecule has 0 bridgehead atoms. The number of rotatable bonds is 2. The molecule has 0 aliphatic heterocycles. The Morgan fingerprint density at radius 2 is 2.46 bits per heavy atom. The lowest BCUT2D eigenvalue weighted by atomic mass is 10.3. The summed E-state index contributed by atoms with van der Waals surface area (Å²) < 4.78 is 4.74. The second-order valence-corrected chi connectivity index (χ2v) is 2.44. The molecule has 0 saturated heterocycles. The molecule has 4 heteroatoms. The number of nitrogens with zero attached hydrogens (tertiary/aromatic N) is 2. The van der Waals surface area contributed by atoms with Gasteiger partial charge in [0.1, 0.15) is 18.4 Å². The first kappa shape index (κ1) is 9.20. The number of ether oxygens (including phenoxy) is 1. The van der Waals surface area contributed by atoms with Crippen molar-refractivity contribution in [3.8, 4) is 6.07 Å². The Bertz CT molecular complexity index is 338. The fraction of sp³-hybridized carbons (Fsp3) is 0.222. The molecule has 0 aliphatic rings. The number of pyridine rings is 1. The number of carbonyl (C=O) groups excluding carboxylic acids is 1. The Kier molecular flexibility index (Phi) is 2.98. The Balaban J connectivity index is 2.60. The van der Waals surface area contributed by atoms with Gasteiger partial charge in [0.05, 0.1) is 0 Å². The Morgan fingerprint density at radius 3 is 2.92 bits per heavy atom. The third kappa shape index (κ3) is 2.91. The van der Waals surface area contributed by atoms with Gasteiger partial charge >= 0.3 is 5.97 Å². The average molecular weight is 176 g/mol. The number of nitriles is 1. The minimum atomic E-state index is -0.329. The molecule has 0 fully saturated rings. The minimum Gasteiger partial charge on any atom is -0.461 e. The number of aromatic nitrogens is 1. The van der Waals surface area contributed by atoms with Crippen LogP contribution in [0.25, 0.3) is 0 Å². The van der Waals surface area contributed by atoms with Gasteiger partial charge in [-0.15, -0.1) is 0 Å². The largest absolute Gasteiger partial charge is 0.461 e. The van der Waals surface area contributed by atoms with Gasteiger partial charge < -0.3 is 4.74 Å². The predicted octanol–water partition coefficient (Wildman–Crippen LogP) is 1.02. The summed E-state index contributed by atoms with van der Waals surface area (Å²) in [7, 11) is 0. The third-order valence-corrected chi connectivity index (χ3v) is 1.38. The Labute approximate surface area is 75.8 Å². The van der Waals surface area contributed by atoms with Crippen LogP contribution in [0, 0.1) is 11.3 Å². The highest BCUT2D eigenvalue weighted by atomic mass is 16.5. The topological polar surface area (TPSA) is 63.0 Å². The van der Waals surface area contributed by atoms with E-state index in [4.69, 9.17) is 10.00 Å². The van der Waals surface area contributed by atoms with E-state index >= 15 is 0 Å². The lowest BCUT2D eigenvalue weighted by Gasteiger charge is -2.00. The summed E-state index contributed by atoms with van der Waals surface area (Å²) in [6.45, 7) is 1.55. The normalized spacial score (nSPS) is 8.92. The third-order valence-electron chi connectivity index (χ3n) is 1.38. The molecule has 0 spiro atoms. The van der Waals surface area contributed by atoms with E-state index in [-0.39, 0.29) is 12.6 Å². The van der Waals surface area contributed by atoms with Gasteiger partial charge in [-0.25, -0.2) is 4.98 Å². The van der Waals surface area contributed by atoms with Crippen molar-refractivity contribution >= 4 is 5.97 Å². The van der Waals surface area contributed by atoms with E-state index in [1.165, 1.54) is 13.1 Å². The van der Waals surface area contributed by atoms with Crippen molar-refractivity contribution in [2.24, 2.45) is 0 Å². The summed E-state index contributed by atoms with van der Waals surface area (Å²) in [4.78, 5) is 14.3. The van der Waals surface area contributed by atoms with Gasteiger partial charge in [-0.2, -0.15) is 5.26 Å². The SMILES string of the molecule is CC(=O)OCc1ccc(C#N)nc1. The quantitative estimate of drug-likeness (QED) is 0.631. The highest BCUT2D eigenvalue weighted by Gasteiger charge is 1.97. The number of hydrogen-bond donors (Lipinski definition) is 0. The molecule has 4 nitrogen and oxygen atoms in total. The fourth-order valence-electron chi connectivity index (χ4n) is 0.761. The van der Waals surface area contributed by atoms with Crippen molar-refractivity contribution in [2.75, 3.05) is 0 Å². The Hall–Kier alpha value is -1.89. The summed E-state index contributed by atoms with van der Waals surface area (Å²) >= 11 is 0. The second kappa shape index (κ2) is 4.21. The van der Waals surface area contributed by atoms with E-state index in [0.717, 1.165) is 5.56 Å². The van der Waals surface area contributed by atoms with Gasteiger partial charge in [-0.05, 0) is 6.07 Å². The predicted molar refractivity (Wildman–Crippen MR) is 44.4 cm³/mol. The lowest BCUT2D eigenvalue weighted by molar-refractivity contribution is -0.142. The smallest absolute Gasteiger partial charge is 0.302 e. The molecule has 0 amide bonds. The first-order valence-electron chi connectivity index (χ1n) is 3.71. The zero-order valence-electron chi connectivity index (χ0n) is 7.15. The molecule has 1 heterocycles. The van der Waals surface area contributed by atoms with E-state index in [2.05, 4.69) is 4.98 Å². The van der Waals surface area contributed by atoms with E-state index in [9.17, 15) is 4.79 Å². The highest BCUT2D eigenvalue weighted by molar-refractivity contribution is 5.65. The van der Waals surface area contributed by atoms with E-state index in [0.29, 0.717) is 5.69 Å². The molecule has 1 rings (SSSR count). The van der Waals surface area contributed by atoms with Gasteiger partial charge in [0.25, 0.3) is 0 Å². The van der Waals surface area contributed by atoms with Crippen molar-refractivity contribution in [1.82, 2.24) is 4.98 Å². The van der Waals surface area contributed by atoms with Crippen LogP contribution in [-0.4, -0.2) is 11.0 Å². The molecule has 0 atom stereocenters. The van der Waals surface area contributed by atoms with Crippen molar-refractivity contribution in [3.63, 3.8) is 0 Å². The molecule has 13 heavy (non-hydrogen) atoms. The van der Waals surface area contributed by atoms with Crippen LogP contribution in [0.4, 0.5) is 0 Å². The van der Waals surface area contributed by atoms with Crippen LogP contribution < -0.4 is 0 Å². The molecule has 1 aromatic heterocycles. The van der Waals surface area contributed by atoms with Gasteiger partial charge in [0, 0.05) is 18.7 Å². The van der Waals surface area contributed by atoms with Crippen LogP contribution in [0.2, 0.25) is 0 Å². The lowest BCUT2D eigenvalue weighted by Crippen LogP contribution is -1.99. The molecule has 0 N–H and O–H groups in total.